The van der Waals surface area contributed by atoms with Crippen LogP contribution in [0.2, 0.25) is 0 Å². The van der Waals surface area contributed by atoms with Crippen molar-refractivity contribution in [3.63, 3.8) is 0 Å². The number of nitrogens with one attached hydrogen (secondary N) is 1. The van der Waals surface area contributed by atoms with Gasteiger partial charge in [0, 0.05) is 38.4 Å². The van der Waals surface area contributed by atoms with Gasteiger partial charge in [0.25, 0.3) is 5.91 Å². The molecule has 144 valence electrons. The van der Waals surface area contributed by atoms with Gasteiger partial charge in [-0.05, 0) is 43.7 Å². The maximum absolute atomic E-state index is 12.4. The van der Waals surface area contributed by atoms with Crippen molar-refractivity contribution in [2.24, 2.45) is 0 Å². The predicted molar refractivity (Wildman–Crippen MR) is 104 cm³/mol. The van der Waals surface area contributed by atoms with Gasteiger partial charge in [-0.15, -0.1) is 10.2 Å². The molecular weight excluding hydrogens is 358 g/mol. The molecule has 0 aromatic carbocycles. The molecule has 1 aliphatic heterocycles. The first-order valence-corrected chi connectivity index (χ1v) is 9.09. The summed E-state index contributed by atoms with van der Waals surface area (Å²) in [6, 6.07) is 9.34. The zero-order valence-corrected chi connectivity index (χ0v) is 15.8. The molecule has 0 bridgehead atoms. The van der Waals surface area contributed by atoms with Crippen LogP contribution in [0.5, 0.6) is 0 Å². The lowest BCUT2D eigenvalue weighted by molar-refractivity contribution is 0.0736. The molecular formula is C19H21N7O2. The number of hydrogen-bond acceptors (Lipinski definition) is 8. The summed E-state index contributed by atoms with van der Waals surface area (Å²) in [5.74, 6) is 2.68. The number of carbonyl (C=O) groups excluding carboxylic acids is 1. The summed E-state index contributed by atoms with van der Waals surface area (Å²) < 4.78 is 4.99. The molecule has 9 nitrogen and oxygen atoms in total. The van der Waals surface area contributed by atoms with Crippen LogP contribution < -0.4 is 10.2 Å². The molecule has 1 fully saturated rings. The van der Waals surface area contributed by atoms with Crippen molar-refractivity contribution in [3.8, 4) is 0 Å². The average molecular weight is 379 g/mol. The van der Waals surface area contributed by atoms with E-state index < -0.39 is 0 Å². The summed E-state index contributed by atoms with van der Waals surface area (Å²) in [7, 11) is 0. The van der Waals surface area contributed by atoms with Crippen LogP contribution in [0.1, 0.15) is 21.8 Å². The van der Waals surface area contributed by atoms with Gasteiger partial charge in [0.15, 0.2) is 17.3 Å². The zero-order chi connectivity index (χ0) is 19.5. The Balaban J connectivity index is 1.35. The third-order valence-corrected chi connectivity index (χ3v) is 4.56. The van der Waals surface area contributed by atoms with E-state index in [1.54, 1.807) is 24.1 Å². The fourth-order valence-corrected chi connectivity index (χ4v) is 3.06. The van der Waals surface area contributed by atoms with Gasteiger partial charge in [-0.3, -0.25) is 4.79 Å². The Morgan fingerprint density at radius 1 is 1.04 bits per heavy atom. The third kappa shape index (κ3) is 3.93. The fraction of sp³-hybridized carbons (Fsp3) is 0.316. The molecule has 9 heteroatoms. The lowest BCUT2D eigenvalue weighted by Gasteiger charge is -2.34. The first-order valence-electron chi connectivity index (χ1n) is 9.09. The Morgan fingerprint density at radius 2 is 1.86 bits per heavy atom. The predicted octanol–water partition coefficient (Wildman–Crippen LogP) is 2.18. The van der Waals surface area contributed by atoms with E-state index in [-0.39, 0.29) is 5.91 Å². The molecule has 1 N–H and O–H groups in total. The second-order valence-electron chi connectivity index (χ2n) is 6.72. The number of aryl methyl sites for hydroxylation is 2. The highest BCUT2D eigenvalue weighted by Gasteiger charge is 2.25. The second-order valence-corrected chi connectivity index (χ2v) is 6.72. The van der Waals surface area contributed by atoms with Crippen LogP contribution in [-0.4, -0.2) is 57.3 Å². The van der Waals surface area contributed by atoms with Gasteiger partial charge < -0.3 is 19.6 Å². The first-order chi connectivity index (χ1) is 13.6. The van der Waals surface area contributed by atoms with E-state index in [2.05, 4.69) is 30.6 Å². The number of anilines is 3. The maximum atomic E-state index is 12.4. The molecule has 0 saturated carbocycles. The van der Waals surface area contributed by atoms with Crippen LogP contribution in [0.15, 0.2) is 41.1 Å². The number of piperazine rings is 1. The molecule has 1 amide bonds. The molecule has 28 heavy (non-hydrogen) atoms. The fourth-order valence-electron chi connectivity index (χ4n) is 3.06. The van der Waals surface area contributed by atoms with E-state index in [0.717, 1.165) is 17.2 Å². The van der Waals surface area contributed by atoms with Crippen LogP contribution >= 0.6 is 0 Å². The third-order valence-electron chi connectivity index (χ3n) is 4.56. The molecule has 1 aliphatic rings. The summed E-state index contributed by atoms with van der Waals surface area (Å²) in [5.41, 5.74) is 1.47. The highest BCUT2D eigenvalue weighted by atomic mass is 16.5. The first kappa shape index (κ1) is 17.9. The van der Waals surface area contributed by atoms with E-state index in [1.807, 2.05) is 31.2 Å². The van der Waals surface area contributed by atoms with Crippen LogP contribution in [0, 0.1) is 13.8 Å². The molecule has 4 rings (SSSR count). The Kier molecular flexibility index (Phi) is 4.88. The SMILES string of the molecule is Cc1ccnc(Nc2ccc(N3CCN(C(=O)c4cc(C)on4)CC3)nn2)c1. The van der Waals surface area contributed by atoms with Gasteiger partial charge >= 0.3 is 0 Å². The summed E-state index contributed by atoms with van der Waals surface area (Å²) in [4.78, 5) is 20.6. The van der Waals surface area contributed by atoms with Crippen LogP contribution in [0.25, 0.3) is 0 Å². The van der Waals surface area contributed by atoms with E-state index in [0.29, 0.717) is 43.5 Å². The normalized spacial score (nSPS) is 14.2. The van der Waals surface area contributed by atoms with Crippen molar-refractivity contribution < 1.29 is 9.32 Å². The number of rotatable bonds is 4. The Bertz CT molecular complexity index is 962. The van der Waals surface area contributed by atoms with Gasteiger partial charge in [0.1, 0.15) is 11.6 Å². The Hall–Kier alpha value is -3.49. The lowest BCUT2D eigenvalue weighted by Crippen LogP contribution is -2.49. The lowest BCUT2D eigenvalue weighted by atomic mass is 10.2. The van der Waals surface area contributed by atoms with Crippen molar-refractivity contribution >= 4 is 23.4 Å². The minimum atomic E-state index is -0.104. The molecule has 3 aromatic rings. The standard InChI is InChI=1S/C19H21N7O2/c1-13-5-6-20-17(11-13)21-16-3-4-18(23-22-16)25-7-9-26(10-8-25)19(27)15-12-14(2)28-24-15/h3-6,11-12H,7-10H2,1-2H3,(H,20,21,22). The number of aromatic nitrogens is 4. The van der Waals surface area contributed by atoms with E-state index >= 15 is 0 Å². The molecule has 3 aromatic heterocycles. The zero-order valence-electron chi connectivity index (χ0n) is 15.8. The van der Waals surface area contributed by atoms with Gasteiger partial charge in [-0.1, -0.05) is 5.16 Å². The highest BCUT2D eigenvalue weighted by Crippen LogP contribution is 2.18. The quantitative estimate of drug-likeness (QED) is 0.736. The minimum absolute atomic E-state index is 0.104. The Labute approximate surface area is 162 Å². The molecule has 0 unspecified atom stereocenters. The average Bonchev–Trinajstić information content (AvgIpc) is 3.15. The maximum Gasteiger partial charge on any atom is 0.276 e. The summed E-state index contributed by atoms with van der Waals surface area (Å²) in [6.07, 6.45) is 1.75. The minimum Gasteiger partial charge on any atom is -0.361 e. The number of carbonyl (C=O) groups is 1. The van der Waals surface area contributed by atoms with Crippen molar-refractivity contribution in [1.82, 2.24) is 25.2 Å². The van der Waals surface area contributed by atoms with Gasteiger partial charge in [-0.25, -0.2) is 4.98 Å². The number of nitrogens with zero attached hydrogens (tertiary/aromatic N) is 6. The molecule has 4 heterocycles. The van der Waals surface area contributed by atoms with E-state index in [1.165, 1.54) is 0 Å². The van der Waals surface area contributed by atoms with Crippen molar-refractivity contribution in [2.45, 2.75) is 13.8 Å². The second kappa shape index (κ2) is 7.63. The smallest absolute Gasteiger partial charge is 0.276 e. The molecule has 0 atom stereocenters. The van der Waals surface area contributed by atoms with E-state index in [4.69, 9.17) is 4.52 Å². The monoisotopic (exact) mass is 379 g/mol. The highest BCUT2D eigenvalue weighted by molar-refractivity contribution is 5.92. The van der Waals surface area contributed by atoms with Crippen molar-refractivity contribution in [1.29, 1.82) is 0 Å². The number of amides is 1. The van der Waals surface area contributed by atoms with Crippen molar-refractivity contribution in [3.05, 3.63) is 53.5 Å². The molecule has 1 saturated heterocycles. The van der Waals surface area contributed by atoms with Gasteiger partial charge in [0.2, 0.25) is 0 Å². The van der Waals surface area contributed by atoms with Crippen LogP contribution in [0.4, 0.5) is 17.5 Å². The number of pyridine rings is 1. The summed E-state index contributed by atoms with van der Waals surface area (Å²) in [6.45, 7) is 6.34. The molecule has 0 spiro atoms. The molecule has 0 radical (unpaired) electrons. The summed E-state index contributed by atoms with van der Waals surface area (Å²) >= 11 is 0. The topological polar surface area (TPSA) is 100 Å². The molecule has 0 aliphatic carbocycles. The van der Waals surface area contributed by atoms with Gasteiger partial charge in [0.05, 0.1) is 0 Å². The Morgan fingerprint density at radius 3 is 2.50 bits per heavy atom. The van der Waals surface area contributed by atoms with E-state index in [9.17, 15) is 4.79 Å². The van der Waals surface area contributed by atoms with Crippen LogP contribution in [0.3, 0.4) is 0 Å². The largest absolute Gasteiger partial charge is 0.361 e. The van der Waals surface area contributed by atoms with Crippen molar-refractivity contribution in [2.75, 3.05) is 36.4 Å². The van der Waals surface area contributed by atoms with Gasteiger partial charge in [-0.2, -0.15) is 0 Å². The van der Waals surface area contributed by atoms with Crippen LogP contribution in [-0.2, 0) is 0 Å². The summed E-state index contributed by atoms with van der Waals surface area (Å²) in [5, 5.41) is 15.5. The number of hydrogen-bond donors (Lipinski definition) is 1.